The van der Waals surface area contributed by atoms with E-state index in [1.54, 1.807) is 0 Å². The Labute approximate surface area is 90.5 Å². The smallest absolute Gasteiger partial charge is 0.151 e. The summed E-state index contributed by atoms with van der Waals surface area (Å²) in [5.41, 5.74) is 1.06. The first-order valence-electron chi connectivity index (χ1n) is 4.90. The van der Waals surface area contributed by atoms with E-state index >= 15 is 0 Å². The standard InChI is InChI=1S/C10H18ClN3/c1-7(2)5-9-13-10(11)8(6-12-3)14(9)4/h7,12H,5-6H2,1-4H3. The maximum Gasteiger partial charge on any atom is 0.151 e. The van der Waals surface area contributed by atoms with Crippen LogP contribution in [0.15, 0.2) is 0 Å². The van der Waals surface area contributed by atoms with Crippen molar-refractivity contribution in [1.82, 2.24) is 14.9 Å². The van der Waals surface area contributed by atoms with Gasteiger partial charge in [-0.05, 0) is 13.0 Å². The molecule has 0 radical (unpaired) electrons. The minimum absolute atomic E-state index is 0.606. The molecule has 0 saturated carbocycles. The predicted octanol–water partition coefficient (Wildman–Crippen LogP) is 1.99. The first-order valence-corrected chi connectivity index (χ1v) is 5.28. The van der Waals surface area contributed by atoms with E-state index in [0.29, 0.717) is 11.1 Å². The molecule has 0 aromatic carbocycles. The van der Waals surface area contributed by atoms with Gasteiger partial charge in [0.1, 0.15) is 5.82 Å². The van der Waals surface area contributed by atoms with E-state index in [9.17, 15) is 0 Å². The second kappa shape index (κ2) is 4.80. The summed E-state index contributed by atoms with van der Waals surface area (Å²) in [6.45, 7) is 5.13. The van der Waals surface area contributed by atoms with E-state index in [0.717, 1.165) is 24.5 Å². The van der Waals surface area contributed by atoms with Gasteiger partial charge in [-0.1, -0.05) is 25.4 Å². The van der Waals surface area contributed by atoms with Crippen LogP contribution in [0.2, 0.25) is 5.15 Å². The molecule has 14 heavy (non-hydrogen) atoms. The van der Waals surface area contributed by atoms with Gasteiger partial charge >= 0.3 is 0 Å². The van der Waals surface area contributed by atoms with Gasteiger partial charge in [0.25, 0.3) is 0 Å². The number of hydrogen-bond donors (Lipinski definition) is 1. The van der Waals surface area contributed by atoms with Crippen LogP contribution in [-0.4, -0.2) is 16.6 Å². The minimum atomic E-state index is 0.606. The first kappa shape index (κ1) is 11.5. The molecule has 0 unspecified atom stereocenters. The first-order chi connectivity index (χ1) is 6.56. The maximum absolute atomic E-state index is 6.04. The van der Waals surface area contributed by atoms with Crippen molar-refractivity contribution in [2.45, 2.75) is 26.8 Å². The molecular formula is C10H18ClN3. The molecule has 0 fully saturated rings. The zero-order valence-corrected chi connectivity index (χ0v) is 10.0. The van der Waals surface area contributed by atoms with E-state index in [1.807, 2.05) is 14.1 Å². The van der Waals surface area contributed by atoms with E-state index in [-0.39, 0.29) is 0 Å². The lowest BCUT2D eigenvalue weighted by Gasteiger charge is -2.07. The van der Waals surface area contributed by atoms with Crippen LogP contribution < -0.4 is 5.32 Å². The summed E-state index contributed by atoms with van der Waals surface area (Å²) >= 11 is 6.04. The van der Waals surface area contributed by atoms with Crippen LogP contribution in [0.1, 0.15) is 25.4 Å². The Kier molecular flexibility index (Phi) is 3.96. The molecule has 0 aliphatic heterocycles. The number of nitrogens with one attached hydrogen (secondary N) is 1. The van der Waals surface area contributed by atoms with Crippen LogP contribution in [0.3, 0.4) is 0 Å². The molecule has 0 aliphatic rings. The summed E-state index contributed by atoms with van der Waals surface area (Å²) in [6.07, 6.45) is 0.972. The quantitative estimate of drug-likeness (QED) is 0.833. The highest BCUT2D eigenvalue weighted by Crippen LogP contribution is 2.17. The molecule has 1 heterocycles. The van der Waals surface area contributed by atoms with Gasteiger partial charge in [-0.15, -0.1) is 0 Å². The van der Waals surface area contributed by atoms with Crippen molar-refractivity contribution in [2.24, 2.45) is 13.0 Å². The maximum atomic E-state index is 6.04. The molecule has 0 bridgehead atoms. The molecule has 1 rings (SSSR count). The number of nitrogens with zero attached hydrogens (tertiary/aromatic N) is 2. The van der Waals surface area contributed by atoms with Gasteiger partial charge < -0.3 is 9.88 Å². The second-order valence-electron chi connectivity index (χ2n) is 3.95. The average molecular weight is 216 g/mol. The lowest BCUT2D eigenvalue weighted by molar-refractivity contribution is 0.593. The highest BCUT2D eigenvalue weighted by molar-refractivity contribution is 6.30. The molecule has 0 spiro atoms. The third-order valence-electron chi connectivity index (χ3n) is 2.19. The lowest BCUT2D eigenvalue weighted by atomic mass is 10.1. The van der Waals surface area contributed by atoms with Crippen LogP contribution in [0.25, 0.3) is 0 Å². The molecular weight excluding hydrogens is 198 g/mol. The van der Waals surface area contributed by atoms with Gasteiger partial charge in [-0.25, -0.2) is 4.98 Å². The van der Waals surface area contributed by atoms with Gasteiger partial charge in [0.05, 0.1) is 5.69 Å². The van der Waals surface area contributed by atoms with Crippen molar-refractivity contribution >= 4 is 11.6 Å². The van der Waals surface area contributed by atoms with Crippen molar-refractivity contribution in [3.05, 3.63) is 16.7 Å². The minimum Gasteiger partial charge on any atom is -0.333 e. The average Bonchev–Trinajstić information content (AvgIpc) is 2.32. The molecule has 1 aromatic heterocycles. The Morgan fingerprint density at radius 2 is 2.14 bits per heavy atom. The van der Waals surface area contributed by atoms with Crippen LogP contribution in [0, 0.1) is 5.92 Å². The van der Waals surface area contributed by atoms with E-state index in [1.165, 1.54) is 0 Å². The third kappa shape index (κ3) is 2.49. The van der Waals surface area contributed by atoms with Crippen LogP contribution in [0.4, 0.5) is 0 Å². The normalized spacial score (nSPS) is 11.3. The third-order valence-corrected chi connectivity index (χ3v) is 2.50. The predicted molar refractivity (Wildman–Crippen MR) is 59.5 cm³/mol. The van der Waals surface area contributed by atoms with Crippen molar-refractivity contribution in [1.29, 1.82) is 0 Å². The number of halogens is 1. The number of aromatic nitrogens is 2. The summed E-state index contributed by atoms with van der Waals surface area (Å²) in [6, 6.07) is 0. The molecule has 80 valence electrons. The molecule has 0 amide bonds. The van der Waals surface area contributed by atoms with Gasteiger partial charge in [-0.2, -0.15) is 0 Å². The van der Waals surface area contributed by atoms with Gasteiger partial charge in [0.2, 0.25) is 0 Å². The fraction of sp³-hybridized carbons (Fsp3) is 0.700. The Hall–Kier alpha value is -0.540. The van der Waals surface area contributed by atoms with Gasteiger partial charge in [-0.3, -0.25) is 0 Å². The number of rotatable bonds is 4. The van der Waals surface area contributed by atoms with E-state index in [4.69, 9.17) is 11.6 Å². The molecule has 3 nitrogen and oxygen atoms in total. The lowest BCUT2D eigenvalue weighted by Crippen LogP contribution is -2.11. The molecule has 0 aliphatic carbocycles. The van der Waals surface area contributed by atoms with Gasteiger partial charge in [0, 0.05) is 20.0 Å². The largest absolute Gasteiger partial charge is 0.333 e. The molecule has 1 aromatic rings. The fourth-order valence-corrected chi connectivity index (χ4v) is 1.74. The Morgan fingerprint density at radius 3 is 2.64 bits per heavy atom. The molecule has 1 N–H and O–H groups in total. The molecule has 0 saturated heterocycles. The highest BCUT2D eigenvalue weighted by Gasteiger charge is 2.12. The Balaban J connectivity index is 2.92. The van der Waals surface area contributed by atoms with Crippen molar-refractivity contribution < 1.29 is 0 Å². The van der Waals surface area contributed by atoms with Crippen LogP contribution in [-0.2, 0) is 20.0 Å². The van der Waals surface area contributed by atoms with E-state index in [2.05, 4.69) is 28.7 Å². The van der Waals surface area contributed by atoms with Crippen molar-refractivity contribution in [2.75, 3.05) is 7.05 Å². The van der Waals surface area contributed by atoms with Crippen molar-refractivity contribution in [3.8, 4) is 0 Å². The van der Waals surface area contributed by atoms with E-state index < -0.39 is 0 Å². The fourth-order valence-electron chi connectivity index (χ4n) is 1.45. The van der Waals surface area contributed by atoms with Gasteiger partial charge in [0.15, 0.2) is 5.15 Å². The SMILES string of the molecule is CNCc1c(Cl)nc(CC(C)C)n1C. The molecule has 4 heteroatoms. The summed E-state index contributed by atoms with van der Waals surface area (Å²) < 4.78 is 2.08. The summed E-state index contributed by atoms with van der Waals surface area (Å²) in [5.74, 6) is 1.67. The molecule has 0 atom stereocenters. The number of hydrogen-bond acceptors (Lipinski definition) is 2. The Bertz CT molecular complexity index is 305. The highest BCUT2D eigenvalue weighted by atomic mass is 35.5. The monoisotopic (exact) mass is 215 g/mol. The van der Waals surface area contributed by atoms with Crippen molar-refractivity contribution in [3.63, 3.8) is 0 Å². The van der Waals surface area contributed by atoms with Crippen LogP contribution >= 0.6 is 11.6 Å². The second-order valence-corrected chi connectivity index (χ2v) is 4.31. The summed E-state index contributed by atoms with van der Waals surface area (Å²) in [5, 5.41) is 3.71. The zero-order chi connectivity index (χ0) is 10.7. The summed E-state index contributed by atoms with van der Waals surface area (Å²) in [7, 11) is 3.93. The number of imidazole rings is 1. The topological polar surface area (TPSA) is 29.9 Å². The Morgan fingerprint density at radius 1 is 1.50 bits per heavy atom. The van der Waals surface area contributed by atoms with Crippen LogP contribution in [0.5, 0.6) is 0 Å². The summed E-state index contributed by atoms with van der Waals surface area (Å²) in [4.78, 5) is 4.36. The zero-order valence-electron chi connectivity index (χ0n) is 9.26.